The number of rotatable bonds is 4. The van der Waals surface area contributed by atoms with Crippen LogP contribution in [-0.4, -0.2) is 32.3 Å². The van der Waals surface area contributed by atoms with E-state index in [0.717, 1.165) is 5.56 Å². The van der Waals surface area contributed by atoms with Crippen molar-refractivity contribution in [3.8, 4) is 11.1 Å². The number of hydroxylamine groups is 2. The van der Waals surface area contributed by atoms with Crippen molar-refractivity contribution in [2.75, 3.05) is 17.7 Å². The van der Waals surface area contributed by atoms with Crippen molar-refractivity contribution in [3.63, 3.8) is 0 Å². The van der Waals surface area contributed by atoms with Crippen LogP contribution in [0.5, 0.6) is 0 Å². The van der Waals surface area contributed by atoms with Crippen molar-refractivity contribution in [1.82, 2.24) is 19.7 Å². The maximum Gasteiger partial charge on any atom is 0.346 e. The maximum absolute atomic E-state index is 15.7. The first-order valence-corrected chi connectivity index (χ1v) is 10.8. The number of aryl methyl sites for hydroxylation is 1. The summed E-state index contributed by atoms with van der Waals surface area (Å²) in [5, 5.41) is 8.10. The average molecular weight is 446 g/mol. The summed E-state index contributed by atoms with van der Waals surface area (Å²) in [6.07, 6.45) is 2.89. The molecule has 3 heterocycles. The molecule has 1 aliphatic heterocycles. The fraction of sp³-hybridized carbons (Fsp3) is 0.208. The number of fused-ring (bicyclic) bond motifs is 1. The molecule has 0 saturated carbocycles. The number of nitrogen functional groups attached to an aromatic ring is 1. The third-order valence-electron chi connectivity index (χ3n) is 5.80. The summed E-state index contributed by atoms with van der Waals surface area (Å²) in [4.78, 5) is 22.9. The fourth-order valence-corrected chi connectivity index (χ4v) is 4.14. The summed E-state index contributed by atoms with van der Waals surface area (Å²) >= 11 is 0. The first-order chi connectivity index (χ1) is 16.0. The van der Waals surface area contributed by atoms with E-state index in [-0.39, 0.29) is 17.7 Å². The highest BCUT2D eigenvalue weighted by Crippen LogP contribution is 2.34. The van der Waals surface area contributed by atoms with E-state index in [1.165, 1.54) is 9.58 Å². The van der Waals surface area contributed by atoms with Gasteiger partial charge < -0.3 is 11.1 Å². The number of carbonyl (C=O) groups excluding carboxylic acids is 1. The molecule has 1 aliphatic rings. The number of benzene rings is 2. The summed E-state index contributed by atoms with van der Waals surface area (Å²) in [5.74, 6) is -0.379. The van der Waals surface area contributed by atoms with Crippen molar-refractivity contribution in [1.29, 1.82) is 0 Å². The van der Waals surface area contributed by atoms with Crippen LogP contribution in [0.15, 0.2) is 60.8 Å². The van der Waals surface area contributed by atoms with Crippen LogP contribution in [0.4, 0.5) is 20.8 Å². The van der Waals surface area contributed by atoms with E-state index in [2.05, 4.69) is 15.4 Å². The van der Waals surface area contributed by atoms with Gasteiger partial charge in [0.1, 0.15) is 0 Å². The minimum atomic E-state index is -0.519. The fourth-order valence-electron chi connectivity index (χ4n) is 4.14. The molecule has 1 atom stereocenters. The Bertz CT molecular complexity index is 1320. The Kier molecular flexibility index (Phi) is 5.39. The molecule has 33 heavy (non-hydrogen) atoms. The Hall–Kier alpha value is -3.98. The van der Waals surface area contributed by atoms with E-state index in [4.69, 9.17) is 10.6 Å². The number of nitrogens with one attached hydrogen (secondary N) is 1. The lowest BCUT2D eigenvalue weighted by Gasteiger charge is -2.24. The highest BCUT2D eigenvalue weighted by Gasteiger charge is 2.32. The number of carbonyl (C=O) groups is 1. The Labute approximate surface area is 189 Å². The van der Waals surface area contributed by atoms with Crippen LogP contribution < -0.4 is 11.1 Å². The molecule has 1 saturated heterocycles. The van der Waals surface area contributed by atoms with E-state index in [9.17, 15) is 4.79 Å². The number of halogens is 1. The number of pyridine rings is 1. The van der Waals surface area contributed by atoms with Gasteiger partial charge in [-0.15, -0.1) is 5.10 Å². The van der Waals surface area contributed by atoms with Crippen LogP contribution in [0.2, 0.25) is 0 Å². The first-order valence-electron chi connectivity index (χ1n) is 10.8. The van der Waals surface area contributed by atoms with E-state index in [1.807, 2.05) is 43.3 Å². The molecule has 3 N–H and O–H groups in total. The zero-order chi connectivity index (χ0) is 22.9. The summed E-state index contributed by atoms with van der Waals surface area (Å²) in [6.45, 7) is 2.33. The van der Waals surface area contributed by atoms with Crippen LogP contribution in [-0.2, 0) is 11.3 Å². The first kappa shape index (κ1) is 20.9. The van der Waals surface area contributed by atoms with Crippen LogP contribution in [0.3, 0.4) is 0 Å². The van der Waals surface area contributed by atoms with Gasteiger partial charge in [0.25, 0.3) is 0 Å². The highest BCUT2D eigenvalue weighted by molar-refractivity contribution is 5.91. The van der Waals surface area contributed by atoms with E-state index < -0.39 is 11.8 Å². The monoisotopic (exact) mass is 446 g/mol. The minimum Gasteiger partial charge on any atom is -0.366 e. The summed E-state index contributed by atoms with van der Waals surface area (Å²) in [6, 6.07) is 15.9. The van der Waals surface area contributed by atoms with Gasteiger partial charge in [0.2, 0.25) is 5.95 Å². The zero-order valence-corrected chi connectivity index (χ0v) is 18.0. The highest BCUT2D eigenvalue weighted by atomic mass is 19.1. The number of aromatic nitrogens is 3. The van der Waals surface area contributed by atoms with Gasteiger partial charge in [0.15, 0.2) is 11.5 Å². The van der Waals surface area contributed by atoms with Crippen LogP contribution >= 0.6 is 0 Å². The van der Waals surface area contributed by atoms with Gasteiger partial charge in [-0.2, -0.15) is 10.0 Å². The van der Waals surface area contributed by atoms with E-state index in [1.54, 1.807) is 24.4 Å². The molecule has 5 rings (SSSR count). The Morgan fingerprint density at radius 1 is 1.24 bits per heavy atom. The molecule has 2 aromatic heterocycles. The summed E-state index contributed by atoms with van der Waals surface area (Å²) in [7, 11) is 0. The zero-order valence-electron chi connectivity index (χ0n) is 18.0. The molecule has 0 unspecified atom stereocenters. The molecule has 0 bridgehead atoms. The van der Waals surface area contributed by atoms with Crippen molar-refractivity contribution >= 4 is 23.3 Å². The molecular weight excluding hydrogens is 423 g/mol. The summed E-state index contributed by atoms with van der Waals surface area (Å²) in [5.41, 5.74) is 8.90. The smallest absolute Gasteiger partial charge is 0.346 e. The van der Waals surface area contributed by atoms with Crippen LogP contribution in [0, 0.1) is 5.82 Å². The molecule has 1 fully saturated rings. The molecule has 2 amide bonds. The average Bonchev–Trinajstić information content (AvgIpc) is 3.46. The molecule has 2 aromatic carbocycles. The largest absolute Gasteiger partial charge is 0.366 e. The van der Waals surface area contributed by atoms with Gasteiger partial charge in [-0.05, 0) is 35.2 Å². The molecule has 0 spiro atoms. The third kappa shape index (κ3) is 3.87. The lowest BCUT2D eigenvalue weighted by molar-refractivity contribution is -0.0830. The topological polar surface area (TPSA) is 97.8 Å². The Morgan fingerprint density at radius 2 is 2.06 bits per heavy atom. The standard InChI is InChI=1S/C24H23FN6O2/c1-2-15-8-9-18(17-10-12-30-20(14-17)27-23(26)29-30)21(25)22(15)28-24(32)31-19(11-13-33-31)16-6-4-3-5-7-16/h3-10,12,14,19H,2,11,13H2,1H3,(H2,26,29)(H,28,32)/t19-/m0/s1. The molecule has 8 nitrogen and oxygen atoms in total. The number of amides is 2. The van der Waals surface area contributed by atoms with Crippen molar-refractivity contribution in [2.24, 2.45) is 0 Å². The van der Waals surface area contributed by atoms with Crippen LogP contribution in [0.1, 0.15) is 30.5 Å². The Balaban J connectivity index is 1.47. The quantitative estimate of drug-likeness (QED) is 0.478. The minimum absolute atomic E-state index is 0.139. The Morgan fingerprint density at radius 3 is 2.85 bits per heavy atom. The lowest BCUT2D eigenvalue weighted by Crippen LogP contribution is -2.34. The predicted molar refractivity (Wildman–Crippen MR) is 123 cm³/mol. The molecule has 4 aromatic rings. The molecule has 9 heteroatoms. The number of nitrogens with two attached hydrogens (primary N) is 1. The number of nitrogens with zero attached hydrogens (tertiary/aromatic N) is 4. The second kappa shape index (κ2) is 8.51. The van der Waals surface area contributed by atoms with Crippen molar-refractivity contribution in [3.05, 3.63) is 77.7 Å². The second-order valence-electron chi connectivity index (χ2n) is 7.81. The van der Waals surface area contributed by atoms with E-state index >= 15 is 4.39 Å². The SMILES string of the molecule is CCc1ccc(-c2ccn3nc(N)nc3c2)c(F)c1NC(=O)N1OCC[C@H]1c1ccccc1. The van der Waals surface area contributed by atoms with Gasteiger partial charge in [-0.1, -0.05) is 49.4 Å². The van der Waals surface area contributed by atoms with Gasteiger partial charge in [-0.3, -0.25) is 4.84 Å². The second-order valence-corrected chi connectivity index (χ2v) is 7.81. The van der Waals surface area contributed by atoms with Gasteiger partial charge >= 0.3 is 6.03 Å². The molecule has 0 radical (unpaired) electrons. The maximum atomic E-state index is 15.7. The van der Waals surface area contributed by atoms with Gasteiger partial charge in [-0.25, -0.2) is 13.7 Å². The van der Waals surface area contributed by atoms with Gasteiger partial charge in [0.05, 0.1) is 18.3 Å². The van der Waals surface area contributed by atoms with E-state index in [0.29, 0.717) is 41.8 Å². The van der Waals surface area contributed by atoms with Crippen molar-refractivity contribution < 1.29 is 14.0 Å². The number of anilines is 2. The number of hydrogen-bond acceptors (Lipinski definition) is 5. The normalized spacial score (nSPS) is 15.8. The van der Waals surface area contributed by atoms with Crippen LogP contribution in [0.25, 0.3) is 16.8 Å². The molecule has 168 valence electrons. The molecular formula is C24H23FN6O2. The number of hydrogen-bond donors (Lipinski definition) is 2. The number of urea groups is 1. The van der Waals surface area contributed by atoms with Crippen molar-refractivity contribution in [2.45, 2.75) is 25.8 Å². The third-order valence-corrected chi connectivity index (χ3v) is 5.80. The predicted octanol–water partition coefficient (Wildman–Crippen LogP) is 4.59. The lowest BCUT2D eigenvalue weighted by atomic mass is 10.0. The molecule has 0 aliphatic carbocycles. The van der Waals surface area contributed by atoms with Gasteiger partial charge in [0, 0.05) is 18.2 Å². The summed E-state index contributed by atoms with van der Waals surface area (Å²) < 4.78 is 17.3.